The molecule has 1 N–H and O–H groups in total. The fourth-order valence-electron chi connectivity index (χ4n) is 3.67. The van der Waals surface area contributed by atoms with Gasteiger partial charge in [-0.15, -0.1) is 0 Å². The largest absolute Gasteiger partial charge is 0.494 e. The van der Waals surface area contributed by atoms with Crippen LogP contribution in [0.3, 0.4) is 0 Å². The number of hydrogen-bond donors (Lipinski definition) is 1. The first-order chi connectivity index (χ1) is 15.0. The summed E-state index contributed by atoms with van der Waals surface area (Å²) < 4.78 is 11.1. The molecule has 2 aromatic heterocycles. The minimum Gasteiger partial charge on any atom is -0.494 e. The van der Waals surface area contributed by atoms with E-state index in [0.717, 1.165) is 27.1 Å². The molecule has 1 fully saturated rings. The lowest BCUT2D eigenvalue weighted by atomic mass is 10.1. The van der Waals surface area contributed by atoms with E-state index in [4.69, 9.17) is 9.47 Å². The van der Waals surface area contributed by atoms with Gasteiger partial charge in [0.15, 0.2) is 6.10 Å². The van der Waals surface area contributed by atoms with Crippen LogP contribution in [0.2, 0.25) is 0 Å². The summed E-state index contributed by atoms with van der Waals surface area (Å²) in [6.45, 7) is 6.21. The van der Waals surface area contributed by atoms with Gasteiger partial charge in [-0.05, 0) is 26.3 Å². The van der Waals surface area contributed by atoms with Crippen LogP contribution in [0.25, 0.3) is 10.9 Å². The van der Waals surface area contributed by atoms with Crippen LogP contribution in [0.15, 0.2) is 42.9 Å². The number of nitrogens with one attached hydrogen (secondary N) is 1. The second-order valence-electron chi connectivity index (χ2n) is 7.25. The summed E-state index contributed by atoms with van der Waals surface area (Å²) in [7, 11) is 0. The molecule has 0 spiro atoms. The highest BCUT2D eigenvalue weighted by atomic mass is 16.6. The molecule has 3 amide bonds. The molecule has 0 bridgehead atoms. The molecular formula is C22H23N5O4. The predicted octanol–water partition coefficient (Wildman–Crippen LogP) is 3.52. The molecule has 2 atom stereocenters. The molecule has 9 heteroatoms. The van der Waals surface area contributed by atoms with Gasteiger partial charge < -0.3 is 14.8 Å². The Labute approximate surface area is 179 Å². The number of fused-ring (bicyclic) bond motifs is 1. The molecule has 3 heterocycles. The third-order valence-corrected chi connectivity index (χ3v) is 5.09. The van der Waals surface area contributed by atoms with Gasteiger partial charge in [0, 0.05) is 36.0 Å². The Morgan fingerprint density at radius 3 is 2.97 bits per heavy atom. The van der Waals surface area contributed by atoms with E-state index in [0.29, 0.717) is 18.1 Å². The van der Waals surface area contributed by atoms with Crippen LogP contribution in [0, 0.1) is 6.92 Å². The standard InChI is InChI=1S/C22H23N5O4/c1-4-30-17-8-13(2)26-18(9-17)20-14(3)27(22(29)31-20)21(28)24-11-16-7-5-6-15-10-23-12-25-19(15)16/h5-10,12,14,20H,4,11H2,1-3H3,(H,24,28)/t14-,20-/m0/s1. The zero-order chi connectivity index (χ0) is 22.0. The van der Waals surface area contributed by atoms with Crippen LogP contribution in [0.5, 0.6) is 5.75 Å². The third kappa shape index (κ3) is 4.11. The zero-order valence-electron chi connectivity index (χ0n) is 17.5. The summed E-state index contributed by atoms with van der Waals surface area (Å²) in [6, 6.07) is 8.12. The second kappa shape index (κ2) is 8.55. The SMILES string of the molecule is CCOc1cc(C)nc([C@H]2OC(=O)N(C(=O)NCc3cccc4cncnc34)[C@H]2C)c1. The van der Waals surface area contributed by atoms with Crippen LogP contribution < -0.4 is 10.1 Å². The maximum Gasteiger partial charge on any atom is 0.419 e. The number of aryl methyl sites for hydroxylation is 1. The topological polar surface area (TPSA) is 107 Å². The Kier molecular flexibility index (Phi) is 5.66. The van der Waals surface area contributed by atoms with E-state index in [1.165, 1.54) is 6.33 Å². The number of urea groups is 1. The summed E-state index contributed by atoms with van der Waals surface area (Å²) in [5.41, 5.74) is 2.86. The van der Waals surface area contributed by atoms with E-state index in [1.54, 1.807) is 19.2 Å². The van der Waals surface area contributed by atoms with Gasteiger partial charge in [-0.1, -0.05) is 18.2 Å². The lowest BCUT2D eigenvalue weighted by Crippen LogP contribution is -2.44. The molecule has 3 aromatic rings. The highest BCUT2D eigenvalue weighted by Gasteiger charge is 2.44. The van der Waals surface area contributed by atoms with Gasteiger partial charge in [0.25, 0.3) is 0 Å². The maximum atomic E-state index is 12.8. The summed E-state index contributed by atoms with van der Waals surface area (Å²) in [5, 5.41) is 3.66. The molecule has 9 nitrogen and oxygen atoms in total. The lowest BCUT2D eigenvalue weighted by Gasteiger charge is -2.20. The number of imide groups is 1. The van der Waals surface area contributed by atoms with Crippen molar-refractivity contribution in [2.45, 2.75) is 39.5 Å². The number of pyridine rings is 1. The van der Waals surface area contributed by atoms with Crippen LogP contribution in [-0.4, -0.2) is 44.6 Å². The monoisotopic (exact) mass is 421 g/mol. The van der Waals surface area contributed by atoms with Crippen molar-refractivity contribution in [2.24, 2.45) is 0 Å². The molecule has 0 unspecified atom stereocenters. The average molecular weight is 421 g/mol. The average Bonchev–Trinajstić information content (AvgIpc) is 3.06. The summed E-state index contributed by atoms with van der Waals surface area (Å²) in [6.07, 6.45) is 1.78. The molecule has 1 aliphatic rings. The van der Waals surface area contributed by atoms with Gasteiger partial charge >= 0.3 is 12.1 Å². The number of aromatic nitrogens is 3. The fourth-order valence-corrected chi connectivity index (χ4v) is 3.67. The zero-order valence-corrected chi connectivity index (χ0v) is 17.5. The number of carbonyl (C=O) groups excluding carboxylic acids is 2. The number of carbonyl (C=O) groups is 2. The van der Waals surface area contributed by atoms with E-state index in [9.17, 15) is 9.59 Å². The van der Waals surface area contributed by atoms with Crippen LogP contribution in [0.4, 0.5) is 9.59 Å². The Balaban J connectivity index is 1.50. The smallest absolute Gasteiger partial charge is 0.419 e. The van der Waals surface area contributed by atoms with Crippen molar-refractivity contribution in [3.05, 3.63) is 59.8 Å². The molecule has 0 aliphatic carbocycles. The van der Waals surface area contributed by atoms with E-state index in [-0.39, 0.29) is 6.54 Å². The fraction of sp³-hybridized carbons (Fsp3) is 0.318. The predicted molar refractivity (Wildman–Crippen MR) is 112 cm³/mol. The molecule has 160 valence electrons. The quantitative estimate of drug-likeness (QED) is 0.672. The van der Waals surface area contributed by atoms with E-state index in [1.807, 2.05) is 38.1 Å². The molecule has 0 saturated carbocycles. The van der Waals surface area contributed by atoms with E-state index >= 15 is 0 Å². The molecule has 1 saturated heterocycles. The van der Waals surface area contributed by atoms with Crippen molar-refractivity contribution in [3.8, 4) is 5.75 Å². The third-order valence-electron chi connectivity index (χ3n) is 5.09. The van der Waals surface area contributed by atoms with Crippen molar-refractivity contribution in [2.75, 3.05) is 6.61 Å². The van der Waals surface area contributed by atoms with Gasteiger partial charge in [0.05, 0.1) is 23.9 Å². The minimum absolute atomic E-state index is 0.214. The number of amides is 3. The van der Waals surface area contributed by atoms with Gasteiger partial charge in [0.1, 0.15) is 12.1 Å². The van der Waals surface area contributed by atoms with Crippen molar-refractivity contribution < 1.29 is 19.1 Å². The van der Waals surface area contributed by atoms with Crippen molar-refractivity contribution >= 4 is 23.0 Å². The van der Waals surface area contributed by atoms with Crippen LogP contribution >= 0.6 is 0 Å². The number of ether oxygens (including phenoxy) is 2. The number of hydrogen-bond acceptors (Lipinski definition) is 7. The summed E-state index contributed by atoms with van der Waals surface area (Å²) >= 11 is 0. The first kappa shape index (κ1) is 20.5. The Morgan fingerprint density at radius 2 is 2.16 bits per heavy atom. The maximum absolute atomic E-state index is 12.8. The van der Waals surface area contributed by atoms with Crippen molar-refractivity contribution in [1.82, 2.24) is 25.2 Å². The van der Waals surface area contributed by atoms with E-state index < -0.39 is 24.3 Å². The minimum atomic E-state index is -0.712. The molecule has 31 heavy (non-hydrogen) atoms. The van der Waals surface area contributed by atoms with Crippen LogP contribution in [0.1, 0.15) is 36.9 Å². The molecule has 1 aromatic carbocycles. The van der Waals surface area contributed by atoms with Crippen LogP contribution in [-0.2, 0) is 11.3 Å². The normalized spacial score (nSPS) is 18.2. The number of cyclic esters (lactones) is 1. The number of rotatable bonds is 5. The van der Waals surface area contributed by atoms with Gasteiger partial charge in [-0.3, -0.25) is 4.98 Å². The highest BCUT2D eigenvalue weighted by molar-refractivity contribution is 5.93. The van der Waals surface area contributed by atoms with E-state index in [2.05, 4.69) is 20.3 Å². The Bertz CT molecular complexity index is 1130. The van der Waals surface area contributed by atoms with Gasteiger partial charge in [-0.2, -0.15) is 0 Å². The highest BCUT2D eigenvalue weighted by Crippen LogP contribution is 2.33. The van der Waals surface area contributed by atoms with Crippen molar-refractivity contribution in [1.29, 1.82) is 0 Å². The lowest BCUT2D eigenvalue weighted by molar-refractivity contribution is 0.129. The van der Waals surface area contributed by atoms with Crippen molar-refractivity contribution in [3.63, 3.8) is 0 Å². The van der Waals surface area contributed by atoms with Gasteiger partial charge in [-0.25, -0.2) is 24.5 Å². The van der Waals surface area contributed by atoms with Gasteiger partial charge in [0.2, 0.25) is 0 Å². The summed E-state index contributed by atoms with van der Waals surface area (Å²) in [4.78, 5) is 39.2. The Morgan fingerprint density at radius 1 is 1.32 bits per heavy atom. The first-order valence-corrected chi connectivity index (χ1v) is 10.0. The molecule has 0 radical (unpaired) electrons. The number of nitrogens with zero attached hydrogens (tertiary/aromatic N) is 4. The number of para-hydroxylation sites is 1. The molecule has 1 aliphatic heterocycles. The molecule has 4 rings (SSSR count). The first-order valence-electron chi connectivity index (χ1n) is 10.0. The second-order valence-corrected chi connectivity index (χ2v) is 7.25. The Hall–Kier alpha value is -3.75. The number of benzene rings is 1. The summed E-state index contributed by atoms with van der Waals surface area (Å²) in [5.74, 6) is 0.647. The molecular weight excluding hydrogens is 398 g/mol.